The topological polar surface area (TPSA) is 43.4 Å². The van der Waals surface area contributed by atoms with Gasteiger partial charge in [0.25, 0.3) is 0 Å². The van der Waals surface area contributed by atoms with E-state index in [0.29, 0.717) is 14.7 Å². The third-order valence-electron chi connectivity index (χ3n) is 6.24. The van der Waals surface area contributed by atoms with Gasteiger partial charge < -0.3 is 0 Å². The fourth-order valence-electron chi connectivity index (χ4n) is 3.88. The van der Waals surface area contributed by atoms with Crippen molar-refractivity contribution in [2.75, 3.05) is 17.3 Å². The van der Waals surface area contributed by atoms with Crippen LogP contribution in [-0.2, 0) is 13.7 Å². The summed E-state index contributed by atoms with van der Waals surface area (Å²) in [6, 6.07) is 21.3. The molecule has 0 spiro atoms. The first-order chi connectivity index (χ1) is 20.1. The van der Waals surface area contributed by atoms with E-state index in [-0.39, 0.29) is 0 Å². The second kappa shape index (κ2) is 16.7. The lowest BCUT2D eigenvalue weighted by atomic mass is 10.3. The molecule has 0 saturated carbocycles. The maximum Gasteiger partial charge on any atom is 0.524 e. The SMILES string of the molecule is CCCCSc1ccc(S(OS(=O)(=O)C(F)(F)F)(c2ccc(SCCCC)cc2)c2ccc(SCCCC)cc2)cc1. The van der Waals surface area contributed by atoms with Crippen LogP contribution >= 0.6 is 45.6 Å². The van der Waals surface area contributed by atoms with Crippen LogP contribution in [0.4, 0.5) is 13.2 Å². The quantitative estimate of drug-likeness (QED) is 0.0805. The van der Waals surface area contributed by atoms with Crippen LogP contribution in [0.15, 0.2) is 102 Å². The summed E-state index contributed by atoms with van der Waals surface area (Å²) in [5, 5.41) is 0. The van der Waals surface area contributed by atoms with Gasteiger partial charge in [-0.3, -0.25) is 0 Å². The Morgan fingerprint density at radius 2 is 0.857 bits per heavy atom. The highest BCUT2D eigenvalue weighted by atomic mass is 32.3. The van der Waals surface area contributed by atoms with Crippen molar-refractivity contribution in [3.63, 3.8) is 0 Å². The van der Waals surface area contributed by atoms with Crippen molar-refractivity contribution in [3.05, 3.63) is 72.8 Å². The zero-order valence-corrected chi connectivity index (χ0v) is 28.3. The molecule has 232 valence electrons. The second-order valence-electron chi connectivity index (χ2n) is 9.54. The zero-order valence-electron chi connectivity index (χ0n) is 24.2. The lowest BCUT2D eigenvalue weighted by Crippen LogP contribution is -2.27. The molecule has 3 rings (SSSR count). The van der Waals surface area contributed by atoms with Gasteiger partial charge >= 0.3 is 15.6 Å². The van der Waals surface area contributed by atoms with E-state index in [4.69, 9.17) is 3.63 Å². The van der Waals surface area contributed by atoms with Crippen LogP contribution < -0.4 is 0 Å². The lowest BCUT2D eigenvalue weighted by Gasteiger charge is -2.39. The number of benzene rings is 3. The van der Waals surface area contributed by atoms with Gasteiger partial charge in [-0.2, -0.15) is 25.2 Å². The first-order valence-corrected chi connectivity index (χ1v) is 20.0. The smallest absolute Gasteiger partial charge is 0.200 e. The number of halogens is 3. The van der Waals surface area contributed by atoms with Gasteiger partial charge in [0.2, 0.25) is 0 Å². The lowest BCUT2D eigenvalue weighted by molar-refractivity contribution is -0.0496. The fraction of sp³-hybridized carbons (Fsp3) is 0.419. The number of rotatable bonds is 17. The minimum absolute atomic E-state index is 0.382. The summed E-state index contributed by atoms with van der Waals surface area (Å²) in [6.07, 6.45) is 6.29. The van der Waals surface area contributed by atoms with Gasteiger partial charge in [-0.05, 0) is 120 Å². The van der Waals surface area contributed by atoms with Gasteiger partial charge in [0.05, 0.1) is 0 Å². The molecule has 3 aromatic carbocycles. The molecule has 0 unspecified atom stereocenters. The Morgan fingerprint density at radius 1 is 0.571 bits per heavy atom. The van der Waals surface area contributed by atoms with E-state index in [0.717, 1.165) is 70.5 Å². The molecule has 0 saturated heterocycles. The number of thioether (sulfide) groups is 3. The molecule has 0 heterocycles. The second-order valence-corrected chi connectivity index (χ2v) is 17.5. The fourth-order valence-corrected chi connectivity index (χ4v) is 11.6. The molecule has 0 aromatic heterocycles. The zero-order chi connectivity index (χ0) is 30.6. The van der Waals surface area contributed by atoms with Crippen molar-refractivity contribution >= 4 is 55.7 Å². The summed E-state index contributed by atoms with van der Waals surface area (Å²) in [7, 11) is -9.30. The van der Waals surface area contributed by atoms with E-state index in [1.54, 1.807) is 71.7 Å². The molecule has 3 nitrogen and oxygen atoms in total. The molecule has 3 aromatic rings. The van der Waals surface area contributed by atoms with Crippen LogP contribution in [0.3, 0.4) is 0 Å². The summed E-state index contributed by atoms with van der Waals surface area (Å²) in [5.74, 6) is 2.75. The Balaban J connectivity index is 2.19. The Bertz CT molecular complexity index is 1200. The summed E-state index contributed by atoms with van der Waals surface area (Å²) < 4.78 is 72.8. The minimum atomic E-state index is -5.96. The maximum absolute atomic E-state index is 13.9. The average molecular weight is 677 g/mol. The van der Waals surface area contributed by atoms with Crippen molar-refractivity contribution in [3.8, 4) is 0 Å². The van der Waals surface area contributed by atoms with E-state index in [2.05, 4.69) is 20.8 Å². The maximum atomic E-state index is 13.9. The molecule has 11 heteroatoms. The molecular weight excluding hydrogens is 638 g/mol. The van der Waals surface area contributed by atoms with Gasteiger partial charge in [-0.15, -0.1) is 35.3 Å². The first-order valence-electron chi connectivity index (χ1n) is 14.1. The summed E-state index contributed by atoms with van der Waals surface area (Å²) >= 11 is 4.98. The van der Waals surface area contributed by atoms with Gasteiger partial charge in [-0.25, -0.2) is 0 Å². The van der Waals surface area contributed by atoms with Crippen molar-refractivity contribution in [2.24, 2.45) is 0 Å². The molecule has 42 heavy (non-hydrogen) atoms. The summed E-state index contributed by atoms with van der Waals surface area (Å²) in [4.78, 5) is 4.03. The van der Waals surface area contributed by atoms with Crippen LogP contribution in [0.25, 0.3) is 0 Å². The molecule has 0 fully saturated rings. The Labute approximate surface area is 263 Å². The normalized spacial score (nSPS) is 12.9. The summed E-state index contributed by atoms with van der Waals surface area (Å²) in [5.41, 5.74) is -5.58. The molecule has 0 bridgehead atoms. The van der Waals surface area contributed by atoms with E-state index in [9.17, 15) is 21.6 Å². The summed E-state index contributed by atoms with van der Waals surface area (Å²) in [6.45, 7) is 6.34. The number of hydrogen-bond acceptors (Lipinski definition) is 6. The molecule has 0 aliphatic heterocycles. The molecular formula is C31H39F3O3S5. The van der Waals surface area contributed by atoms with E-state index < -0.39 is 25.9 Å². The highest BCUT2D eigenvalue weighted by Crippen LogP contribution is 2.71. The van der Waals surface area contributed by atoms with Crippen molar-refractivity contribution in [1.82, 2.24) is 0 Å². The van der Waals surface area contributed by atoms with Crippen LogP contribution in [0.2, 0.25) is 0 Å². The van der Waals surface area contributed by atoms with Crippen LogP contribution in [0, 0.1) is 0 Å². The Kier molecular flexibility index (Phi) is 14.0. The molecule has 0 N–H and O–H groups in total. The largest absolute Gasteiger partial charge is 0.524 e. The van der Waals surface area contributed by atoms with E-state index >= 15 is 0 Å². The minimum Gasteiger partial charge on any atom is -0.200 e. The first kappa shape index (κ1) is 35.2. The Hall–Kier alpha value is -1.24. The highest BCUT2D eigenvalue weighted by molar-refractivity contribution is 8.33. The average Bonchev–Trinajstić information content (AvgIpc) is 2.97. The number of hydrogen-bond donors (Lipinski definition) is 0. The number of unbranched alkanes of at least 4 members (excludes halogenated alkanes) is 3. The standard InChI is InChI=1S/C31H39F3O3S5/c1-4-7-22-38-25-10-16-28(17-11-25)41(37-42(35,36)31(32,33)34,29-18-12-26(13-19-29)39-23-8-5-2)30-20-14-27(15-21-30)40-24-9-6-3/h10-21H,4-9,22-24H2,1-3H3. The molecule has 0 radical (unpaired) electrons. The van der Waals surface area contributed by atoms with Gasteiger partial charge in [0.15, 0.2) is 0 Å². The van der Waals surface area contributed by atoms with Gasteiger partial charge in [0, 0.05) is 29.4 Å². The third kappa shape index (κ3) is 9.38. The third-order valence-corrected chi connectivity index (χ3v) is 14.4. The Morgan fingerprint density at radius 3 is 1.10 bits per heavy atom. The van der Waals surface area contributed by atoms with E-state index in [1.807, 2.05) is 36.4 Å². The van der Waals surface area contributed by atoms with Crippen LogP contribution in [-0.4, -0.2) is 31.2 Å². The van der Waals surface area contributed by atoms with Crippen LogP contribution in [0.5, 0.6) is 0 Å². The molecule has 0 aliphatic rings. The molecule has 0 aliphatic carbocycles. The van der Waals surface area contributed by atoms with Crippen molar-refractivity contribution in [1.29, 1.82) is 0 Å². The number of alkyl halides is 3. The monoisotopic (exact) mass is 676 g/mol. The predicted octanol–water partition coefficient (Wildman–Crippen LogP) is 11.4. The predicted molar refractivity (Wildman–Crippen MR) is 175 cm³/mol. The van der Waals surface area contributed by atoms with Crippen molar-refractivity contribution < 1.29 is 25.2 Å². The van der Waals surface area contributed by atoms with E-state index in [1.165, 1.54) is 0 Å². The van der Waals surface area contributed by atoms with Gasteiger partial charge in [-0.1, -0.05) is 40.0 Å². The van der Waals surface area contributed by atoms with Crippen LogP contribution in [0.1, 0.15) is 59.3 Å². The van der Waals surface area contributed by atoms with Crippen molar-refractivity contribution in [2.45, 2.75) is 94.2 Å². The molecule has 0 atom stereocenters. The molecule has 0 amide bonds. The van der Waals surface area contributed by atoms with Gasteiger partial charge in [0.1, 0.15) is 0 Å². The highest BCUT2D eigenvalue weighted by Gasteiger charge is 2.52.